The van der Waals surface area contributed by atoms with Gasteiger partial charge in [-0.2, -0.15) is 0 Å². The molecule has 0 saturated carbocycles. The zero-order chi connectivity index (χ0) is 19.8. The van der Waals surface area contributed by atoms with Crippen LogP contribution in [0, 0.1) is 0 Å². The molecule has 2 aromatic carbocycles. The summed E-state index contributed by atoms with van der Waals surface area (Å²) in [5.74, 6) is 0.711. The summed E-state index contributed by atoms with van der Waals surface area (Å²) in [7, 11) is 4.05. The molecular formula is C23H20N6. The summed E-state index contributed by atoms with van der Waals surface area (Å²) in [6.45, 7) is 0. The molecule has 142 valence electrons. The Labute approximate surface area is 168 Å². The van der Waals surface area contributed by atoms with Crippen LogP contribution in [0.25, 0.3) is 27.8 Å². The lowest BCUT2D eigenvalue weighted by Gasteiger charge is -2.14. The summed E-state index contributed by atoms with van der Waals surface area (Å²) in [5.41, 5.74) is 5.83. The molecule has 6 heteroatoms. The van der Waals surface area contributed by atoms with Crippen molar-refractivity contribution < 1.29 is 0 Å². The second-order valence-corrected chi connectivity index (χ2v) is 7.10. The van der Waals surface area contributed by atoms with Crippen LogP contribution in [-0.2, 0) is 0 Å². The van der Waals surface area contributed by atoms with Gasteiger partial charge in [0.2, 0.25) is 0 Å². The minimum Gasteiger partial charge on any atom is -0.378 e. The van der Waals surface area contributed by atoms with E-state index in [-0.39, 0.29) is 0 Å². The molecule has 3 aromatic heterocycles. The molecule has 29 heavy (non-hydrogen) atoms. The van der Waals surface area contributed by atoms with E-state index < -0.39 is 0 Å². The number of hydrogen-bond donors (Lipinski definition) is 1. The van der Waals surface area contributed by atoms with Crippen molar-refractivity contribution in [2.75, 3.05) is 24.3 Å². The van der Waals surface area contributed by atoms with Crippen molar-refractivity contribution in [1.82, 2.24) is 19.4 Å². The van der Waals surface area contributed by atoms with Crippen molar-refractivity contribution in [3.63, 3.8) is 0 Å². The number of imidazole rings is 1. The molecule has 3 heterocycles. The van der Waals surface area contributed by atoms with Crippen LogP contribution in [0.3, 0.4) is 0 Å². The molecule has 1 N–H and O–H groups in total. The van der Waals surface area contributed by atoms with Gasteiger partial charge in [0, 0.05) is 55.0 Å². The molecule has 0 aliphatic rings. The lowest BCUT2D eigenvalue weighted by Crippen LogP contribution is -2.08. The third-order valence-corrected chi connectivity index (χ3v) is 4.94. The second-order valence-electron chi connectivity index (χ2n) is 7.10. The molecule has 0 spiro atoms. The van der Waals surface area contributed by atoms with Crippen LogP contribution < -0.4 is 10.2 Å². The van der Waals surface area contributed by atoms with Crippen LogP contribution in [0.1, 0.15) is 0 Å². The van der Waals surface area contributed by atoms with E-state index in [1.54, 1.807) is 6.20 Å². The molecule has 0 amide bonds. The standard InChI is InChI=1S/C23H20N6/c1-28(2)19-8-5-7-18(13-19)27-22-23-26-15-21(29(23)11-10-24-22)17-12-16-6-3-4-9-20(16)25-14-17/h3-15H,1-2H3,(H,24,27). The normalized spacial score (nSPS) is 11.1. The van der Waals surface area contributed by atoms with Crippen molar-refractivity contribution in [2.45, 2.75) is 0 Å². The van der Waals surface area contributed by atoms with E-state index in [0.29, 0.717) is 5.82 Å². The first-order valence-electron chi connectivity index (χ1n) is 9.41. The number of nitrogens with one attached hydrogen (secondary N) is 1. The molecule has 5 aromatic rings. The fourth-order valence-corrected chi connectivity index (χ4v) is 3.43. The molecular weight excluding hydrogens is 360 g/mol. The van der Waals surface area contributed by atoms with Crippen molar-refractivity contribution in [3.8, 4) is 11.3 Å². The number of anilines is 3. The van der Waals surface area contributed by atoms with Gasteiger partial charge in [-0.25, -0.2) is 9.97 Å². The summed E-state index contributed by atoms with van der Waals surface area (Å²) in [6.07, 6.45) is 7.46. The zero-order valence-electron chi connectivity index (χ0n) is 16.2. The fraction of sp³-hybridized carbons (Fsp3) is 0.0870. The van der Waals surface area contributed by atoms with Crippen LogP contribution >= 0.6 is 0 Å². The average Bonchev–Trinajstić information content (AvgIpc) is 3.19. The van der Waals surface area contributed by atoms with Crippen LogP contribution in [0.5, 0.6) is 0 Å². The highest BCUT2D eigenvalue weighted by Gasteiger charge is 2.12. The highest BCUT2D eigenvalue weighted by molar-refractivity contribution is 5.84. The van der Waals surface area contributed by atoms with Crippen molar-refractivity contribution in [1.29, 1.82) is 0 Å². The topological polar surface area (TPSA) is 58.4 Å². The Morgan fingerprint density at radius 2 is 1.79 bits per heavy atom. The number of hydrogen-bond acceptors (Lipinski definition) is 5. The maximum absolute atomic E-state index is 4.63. The summed E-state index contributed by atoms with van der Waals surface area (Å²) < 4.78 is 2.04. The Morgan fingerprint density at radius 3 is 2.69 bits per heavy atom. The first-order valence-corrected chi connectivity index (χ1v) is 9.41. The van der Waals surface area contributed by atoms with Gasteiger partial charge in [-0.15, -0.1) is 0 Å². The Balaban J connectivity index is 1.56. The van der Waals surface area contributed by atoms with E-state index in [4.69, 9.17) is 0 Å². The zero-order valence-corrected chi connectivity index (χ0v) is 16.2. The summed E-state index contributed by atoms with van der Waals surface area (Å²) in [4.78, 5) is 15.8. The van der Waals surface area contributed by atoms with Gasteiger partial charge in [-0.3, -0.25) is 9.38 Å². The van der Waals surface area contributed by atoms with Gasteiger partial charge < -0.3 is 10.2 Å². The van der Waals surface area contributed by atoms with E-state index in [1.165, 1.54) is 0 Å². The van der Waals surface area contributed by atoms with Crippen LogP contribution in [-0.4, -0.2) is 33.4 Å². The number of rotatable bonds is 4. The van der Waals surface area contributed by atoms with E-state index in [1.807, 2.05) is 67.4 Å². The number of nitrogens with zero attached hydrogens (tertiary/aromatic N) is 5. The average molecular weight is 380 g/mol. The number of pyridine rings is 1. The molecule has 0 fully saturated rings. The van der Waals surface area contributed by atoms with Crippen molar-refractivity contribution in [2.24, 2.45) is 0 Å². The fourth-order valence-electron chi connectivity index (χ4n) is 3.43. The van der Waals surface area contributed by atoms with Crippen molar-refractivity contribution >= 4 is 33.7 Å². The van der Waals surface area contributed by atoms with Crippen LogP contribution in [0.15, 0.2) is 79.4 Å². The SMILES string of the molecule is CN(C)c1cccc(Nc2nccn3c(-c4cnc5ccccc5c4)cnc23)c1. The first kappa shape index (κ1) is 17.2. The van der Waals surface area contributed by atoms with Crippen molar-refractivity contribution in [3.05, 3.63) is 79.4 Å². The number of fused-ring (bicyclic) bond motifs is 2. The lowest BCUT2D eigenvalue weighted by atomic mass is 10.1. The molecule has 0 radical (unpaired) electrons. The Kier molecular flexibility index (Phi) is 4.09. The molecule has 0 bridgehead atoms. The lowest BCUT2D eigenvalue weighted by molar-refractivity contribution is 1.12. The number of benzene rings is 2. The molecule has 5 rings (SSSR count). The van der Waals surface area contributed by atoms with Gasteiger partial charge in [0.15, 0.2) is 11.5 Å². The molecule has 0 aliphatic carbocycles. The van der Waals surface area contributed by atoms with E-state index in [9.17, 15) is 0 Å². The monoisotopic (exact) mass is 380 g/mol. The highest BCUT2D eigenvalue weighted by atomic mass is 15.1. The van der Waals surface area contributed by atoms with Gasteiger partial charge in [-0.05, 0) is 30.3 Å². The quantitative estimate of drug-likeness (QED) is 0.487. The minimum atomic E-state index is 0.711. The predicted molar refractivity (Wildman–Crippen MR) is 118 cm³/mol. The third-order valence-electron chi connectivity index (χ3n) is 4.94. The van der Waals surface area contributed by atoms with E-state index in [2.05, 4.69) is 49.4 Å². The molecule has 0 atom stereocenters. The molecule has 0 aliphatic heterocycles. The molecule has 6 nitrogen and oxygen atoms in total. The van der Waals surface area contributed by atoms with Gasteiger partial charge in [0.25, 0.3) is 0 Å². The van der Waals surface area contributed by atoms with Crippen LogP contribution in [0.2, 0.25) is 0 Å². The summed E-state index contributed by atoms with van der Waals surface area (Å²) >= 11 is 0. The Hall–Kier alpha value is -3.93. The van der Waals surface area contributed by atoms with Gasteiger partial charge >= 0.3 is 0 Å². The third kappa shape index (κ3) is 3.14. The summed E-state index contributed by atoms with van der Waals surface area (Å²) in [6, 6.07) is 18.4. The Morgan fingerprint density at radius 1 is 0.897 bits per heavy atom. The van der Waals surface area contributed by atoms with Gasteiger partial charge in [0.1, 0.15) is 0 Å². The second kappa shape index (κ2) is 6.91. The number of aromatic nitrogens is 4. The van der Waals surface area contributed by atoms with E-state index >= 15 is 0 Å². The van der Waals surface area contributed by atoms with E-state index in [0.717, 1.165) is 39.2 Å². The molecule has 0 unspecified atom stereocenters. The van der Waals surface area contributed by atoms with Gasteiger partial charge in [0.05, 0.1) is 17.4 Å². The minimum absolute atomic E-state index is 0.711. The Bertz CT molecular complexity index is 1320. The largest absolute Gasteiger partial charge is 0.378 e. The maximum Gasteiger partial charge on any atom is 0.180 e. The highest BCUT2D eigenvalue weighted by Crippen LogP contribution is 2.27. The molecule has 0 saturated heterocycles. The smallest absolute Gasteiger partial charge is 0.180 e. The predicted octanol–water partition coefficient (Wildman–Crippen LogP) is 4.75. The van der Waals surface area contributed by atoms with Gasteiger partial charge in [-0.1, -0.05) is 24.3 Å². The van der Waals surface area contributed by atoms with Crippen LogP contribution in [0.4, 0.5) is 17.2 Å². The summed E-state index contributed by atoms with van der Waals surface area (Å²) in [5, 5.41) is 4.50. The number of para-hydroxylation sites is 1. The maximum atomic E-state index is 4.63. The first-order chi connectivity index (χ1) is 14.2.